The first-order chi connectivity index (χ1) is 27.7. The Morgan fingerprint density at radius 2 is 1.02 bits per heavy atom. The predicted octanol–water partition coefficient (Wildman–Crippen LogP) is 12.7. The number of ether oxygens (including phenoxy) is 2. The summed E-state index contributed by atoms with van der Waals surface area (Å²) in [5.74, 6) is -0.0159. The van der Waals surface area contributed by atoms with Crippen LogP contribution in [0.4, 0.5) is 13.2 Å². The Labute approximate surface area is 349 Å². The molecule has 6 aromatic rings. The lowest BCUT2D eigenvalue weighted by atomic mass is 9.85. The van der Waals surface area contributed by atoms with E-state index in [0.717, 1.165) is 60.3 Å². The van der Waals surface area contributed by atoms with E-state index in [4.69, 9.17) is 19.7 Å². The number of thiazole rings is 2. The minimum absolute atomic E-state index is 0.0188. The molecule has 1 fully saturated rings. The van der Waals surface area contributed by atoms with E-state index in [9.17, 15) is 22.8 Å². The fourth-order valence-corrected chi connectivity index (χ4v) is 7.87. The van der Waals surface area contributed by atoms with Crippen molar-refractivity contribution in [2.45, 2.75) is 71.4 Å². The molecule has 8 nitrogen and oxygen atoms in total. The third-order valence-electron chi connectivity index (χ3n) is 9.48. The molecule has 7 rings (SSSR count). The van der Waals surface area contributed by atoms with Gasteiger partial charge in [0.05, 0.1) is 27.5 Å². The lowest BCUT2D eigenvalue weighted by Gasteiger charge is -2.24. The highest BCUT2D eigenvalue weighted by atomic mass is 32.1. The molecule has 0 saturated heterocycles. The van der Waals surface area contributed by atoms with Crippen LogP contribution in [0.5, 0.6) is 11.5 Å². The molecule has 0 radical (unpaired) electrons. The molecule has 13 heteroatoms. The van der Waals surface area contributed by atoms with E-state index >= 15 is 0 Å². The summed E-state index contributed by atoms with van der Waals surface area (Å²) >= 11 is 3.02. The Kier molecular flexibility index (Phi) is 12.7. The van der Waals surface area contributed by atoms with Crippen LogP contribution in [0.25, 0.3) is 42.0 Å². The van der Waals surface area contributed by atoms with Crippen molar-refractivity contribution >= 4 is 34.6 Å². The van der Waals surface area contributed by atoms with E-state index in [-0.39, 0.29) is 22.3 Å². The zero-order valence-corrected chi connectivity index (χ0v) is 35.1. The standard InChI is InChI=1S/C24H25NO3S.C22H20F3NO3S/c1-24(2,3)19-12-18(10-11-20(19)28-14-15-4-5-15)21-13-25-22(29-21)16-6-8-17(9-7-16)23(26)27;1-21(2,3)16-10-15(8-9-17(16)29-12-22(23,24)25)18-11-26-19(30-18)13-4-6-14(7-5-13)20(27)28/h6-13,15H,4-5,14H2,1-3H3,(H,26,27);4-11H,12H2,1-3H3,(H,27,28). The Morgan fingerprint density at radius 3 is 1.37 bits per heavy atom. The van der Waals surface area contributed by atoms with Crippen LogP contribution in [0, 0.1) is 5.92 Å². The first-order valence-corrected chi connectivity index (χ1v) is 20.6. The molecule has 0 amide bonds. The minimum Gasteiger partial charge on any atom is -0.493 e. The van der Waals surface area contributed by atoms with Crippen LogP contribution in [-0.2, 0) is 10.8 Å². The summed E-state index contributed by atoms with van der Waals surface area (Å²) in [4.78, 5) is 32.9. The van der Waals surface area contributed by atoms with Gasteiger partial charge >= 0.3 is 18.1 Å². The van der Waals surface area contributed by atoms with Crippen LogP contribution in [0.15, 0.2) is 97.3 Å². The molecular formula is C46H45F3N2O6S2. The number of rotatable bonds is 11. The number of nitrogens with zero attached hydrogens (tertiary/aromatic N) is 2. The molecule has 1 saturated carbocycles. The first-order valence-electron chi connectivity index (χ1n) is 19.0. The second-order valence-electron chi connectivity index (χ2n) is 16.4. The molecule has 0 bridgehead atoms. The number of aromatic carboxylic acids is 2. The van der Waals surface area contributed by atoms with Gasteiger partial charge in [0.15, 0.2) is 6.61 Å². The second kappa shape index (κ2) is 17.4. The topological polar surface area (TPSA) is 119 Å². The zero-order chi connectivity index (χ0) is 42.7. The Hall–Kier alpha value is -5.53. The summed E-state index contributed by atoms with van der Waals surface area (Å²) in [6.07, 6.45) is 1.73. The van der Waals surface area contributed by atoms with Crippen molar-refractivity contribution < 1.29 is 42.4 Å². The van der Waals surface area contributed by atoms with E-state index in [1.165, 1.54) is 41.9 Å². The van der Waals surface area contributed by atoms with Crippen molar-refractivity contribution in [3.8, 4) is 53.5 Å². The van der Waals surface area contributed by atoms with Gasteiger partial charge in [0.2, 0.25) is 0 Å². The van der Waals surface area contributed by atoms with Gasteiger partial charge in [-0.05, 0) is 101 Å². The van der Waals surface area contributed by atoms with Crippen LogP contribution >= 0.6 is 22.7 Å². The summed E-state index contributed by atoms with van der Waals surface area (Å²) in [5.41, 5.74) is 5.57. The predicted molar refractivity (Wildman–Crippen MR) is 227 cm³/mol. The van der Waals surface area contributed by atoms with E-state index < -0.39 is 30.1 Å². The highest BCUT2D eigenvalue weighted by molar-refractivity contribution is 7.18. The van der Waals surface area contributed by atoms with Crippen molar-refractivity contribution in [1.29, 1.82) is 0 Å². The molecule has 0 aliphatic heterocycles. The summed E-state index contributed by atoms with van der Waals surface area (Å²) in [6.45, 7) is 11.8. The highest BCUT2D eigenvalue weighted by Gasteiger charge is 2.30. The molecule has 1 aliphatic carbocycles. The molecule has 59 heavy (non-hydrogen) atoms. The highest BCUT2D eigenvalue weighted by Crippen LogP contribution is 2.41. The Balaban J connectivity index is 0.000000198. The monoisotopic (exact) mass is 842 g/mol. The van der Waals surface area contributed by atoms with E-state index in [1.54, 1.807) is 53.9 Å². The third-order valence-corrected chi connectivity index (χ3v) is 11.7. The second-order valence-corrected chi connectivity index (χ2v) is 18.5. The number of halogens is 3. The number of benzene rings is 4. The van der Waals surface area contributed by atoms with Gasteiger partial charge in [-0.25, -0.2) is 19.6 Å². The lowest BCUT2D eigenvalue weighted by Crippen LogP contribution is -2.21. The number of hydrogen-bond acceptors (Lipinski definition) is 8. The summed E-state index contributed by atoms with van der Waals surface area (Å²) in [6, 6.07) is 24.8. The average Bonchev–Trinajstić information content (AvgIpc) is 3.64. The number of carbonyl (C=O) groups is 2. The average molecular weight is 843 g/mol. The minimum atomic E-state index is -4.41. The number of carboxylic acid groups (broad SMARTS) is 2. The van der Waals surface area contributed by atoms with Crippen molar-refractivity contribution in [3.63, 3.8) is 0 Å². The molecule has 4 aromatic carbocycles. The van der Waals surface area contributed by atoms with Gasteiger partial charge in [-0.15, -0.1) is 22.7 Å². The van der Waals surface area contributed by atoms with Gasteiger partial charge in [-0.1, -0.05) is 65.8 Å². The lowest BCUT2D eigenvalue weighted by molar-refractivity contribution is -0.153. The number of aromatic nitrogens is 2. The first kappa shape index (κ1) is 43.1. The van der Waals surface area contributed by atoms with Crippen molar-refractivity contribution in [2.75, 3.05) is 13.2 Å². The summed E-state index contributed by atoms with van der Waals surface area (Å²) < 4.78 is 48.9. The summed E-state index contributed by atoms with van der Waals surface area (Å²) in [7, 11) is 0. The molecule has 1 aliphatic rings. The Morgan fingerprint density at radius 1 is 0.627 bits per heavy atom. The van der Waals surface area contributed by atoms with Crippen molar-refractivity contribution in [2.24, 2.45) is 5.92 Å². The quantitative estimate of drug-likeness (QED) is 0.132. The smallest absolute Gasteiger partial charge is 0.422 e. The molecule has 2 heterocycles. The molecule has 2 N–H and O–H groups in total. The van der Waals surface area contributed by atoms with Crippen molar-refractivity contribution in [3.05, 3.63) is 120 Å². The zero-order valence-electron chi connectivity index (χ0n) is 33.5. The van der Waals surface area contributed by atoms with Crippen LogP contribution in [-0.4, -0.2) is 51.5 Å². The van der Waals surface area contributed by atoms with Crippen LogP contribution in [0.2, 0.25) is 0 Å². The Bertz CT molecular complexity index is 2420. The summed E-state index contributed by atoms with van der Waals surface area (Å²) in [5, 5.41) is 19.7. The normalized spacial score (nSPS) is 13.0. The third kappa shape index (κ3) is 11.4. The fraction of sp³-hybridized carbons (Fsp3) is 0.304. The number of alkyl halides is 3. The number of hydrogen-bond donors (Lipinski definition) is 2. The van der Waals surface area contributed by atoms with Crippen LogP contribution in [0.1, 0.15) is 86.2 Å². The van der Waals surface area contributed by atoms with Gasteiger partial charge in [-0.3, -0.25) is 0 Å². The van der Waals surface area contributed by atoms with E-state index in [0.29, 0.717) is 5.56 Å². The van der Waals surface area contributed by atoms with Gasteiger partial charge < -0.3 is 19.7 Å². The number of carboxylic acids is 2. The van der Waals surface area contributed by atoms with E-state index in [1.807, 2.05) is 45.2 Å². The molecular weight excluding hydrogens is 798 g/mol. The van der Waals surface area contributed by atoms with Crippen LogP contribution in [0.3, 0.4) is 0 Å². The van der Waals surface area contributed by atoms with Crippen molar-refractivity contribution in [1.82, 2.24) is 9.97 Å². The maximum Gasteiger partial charge on any atom is 0.422 e. The van der Waals surface area contributed by atoms with Gasteiger partial charge in [-0.2, -0.15) is 13.2 Å². The van der Waals surface area contributed by atoms with Gasteiger partial charge in [0, 0.05) is 34.6 Å². The largest absolute Gasteiger partial charge is 0.493 e. The maximum absolute atomic E-state index is 12.6. The maximum atomic E-state index is 12.6. The SMILES string of the molecule is CC(C)(C)c1cc(-c2cnc(-c3ccc(C(=O)O)cc3)s2)ccc1OCC(F)(F)F.CC(C)(C)c1cc(-c2cnc(-c3ccc(C(=O)O)cc3)s2)ccc1OCC1CC1. The van der Waals surface area contributed by atoms with Gasteiger partial charge in [0.1, 0.15) is 21.5 Å². The van der Waals surface area contributed by atoms with Gasteiger partial charge in [0.25, 0.3) is 0 Å². The molecule has 0 spiro atoms. The fourth-order valence-electron chi connectivity index (χ4n) is 6.04. The molecule has 308 valence electrons. The van der Waals surface area contributed by atoms with E-state index in [2.05, 4.69) is 48.9 Å². The molecule has 0 atom stereocenters. The molecule has 2 aromatic heterocycles. The van der Waals surface area contributed by atoms with Crippen LogP contribution < -0.4 is 9.47 Å². The molecule has 0 unspecified atom stereocenters.